The van der Waals surface area contributed by atoms with Crippen LogP contribution in [0.15, 0.2) is 41.1 Å². The van der Waals surface area contributed by atoms with Crippen LogP contribution in [0.25, 0.3) is 0 Å². The van der Waals surface area contributed by atoms with Crippen LogP contribution in [0.4, 0.5) is 5.69 Å². The molecule has 1 amide bonds. The van der Waals surface area contributed by atoms with Crippen molar-refractivity contribution >= 4 is 11.6 Å². The van der Waals surface area contributed by atoms with Gasteiger partial charge in [0.05, 0.1) is 4.92 Å². The van der Waals surface area contributed by atoms with Crippen LogP contribution in [0.3, 0.4) is 0 Å². The maximum atomic E-state index is 13.0. The summed E-state index contributed by atoms with van der Waals surface area (Å²) in [6.45, 7) is 2.64. The number of benzene rings is 1. The summed E-state index contributed by atoms with van der Waals surface area (Å²) in [6.07, 6.45) is 0. The normalized spacial score (nSPS) is 24.0. The maximum Gasteiger partial charge on any atom is 0.311 e. The van der Waals surface area contributed by atoms with Crippen molar-refractivity contribution in [1.29, 1.82) is 5.26 Å². The van der Waals surface area contributed by atoms with Gasteiger partial charge in [-0.05, 0) is 13.0 Å². The van der Waals surface area contributed by atoms with Gasteiger partial charge in [0.2, 0.25) is 5.41 Å². The lowest BCUT2D eigenvalue weighted by molar-refractivity contribution is -0.435. The molecule has 1 aromatic rings. The van der Waals surface area contributed by atoms with Gasteiger partial charge >= 0.3 is 5.70 Å². The molecule has 4 N–H and O–H groups in total. The Morgan fingerprint density at radius 1 is 1.48 bits per heavy atom. The van der Waals surface area contributed by atoms with Gasteiger partial charge in [-0.2, -0.15) is 5.26 Å². The largest absolute Gasteiger partial charge is 0.384 e. The fourth-order valence-electron chi connectivity index (χ4n) is 3.83. The molecule has 0 saturated carbocycles. The summed E-state index contributed by atoms with van der Waals surface area (Å²) in [5.41, 5.74) is 5.47. The zero-order valence-corrected chi connectivity index (χ0v) is 13.3. The Labute approximate surface area is 142 Å². The fraction of sp³-hybridized carbons (Fsp3) is 0.250. The van der Waals surface area contributed by atoms with E-state index in [2.05, 4.69) is 10.6 Å². The lowest BCUT2D eigenvalue weighted by atomic mass is 9.70. The number of hydrogen-bond acceptors (Lipinski definition) is 7. The molecular weight excluding hydrogens is 324 g/mol. The van der Waals surface area contributed by atoms with E-state index >= 15 is 0 Å². The Morgan fingerprint density at radius 3 is 2.92 bits per heavy atom. The van der Waals surface area contributed by atoms with E-state index in [0.717, 1.165) is 5.56 Å². The molecule has 9 nitrogen and oxygen atoms in total. The molecule has 1 saturated heterocycles. The number of hydrogen-bond donors (Lipinski definition) is 3. The Hall–Kier alpha value is -3.54. The van der Waals surface area contributed by atoms with Gasteiger partial charge in [0, 0.05) is 24.3 Å². The van der Waals surface area contributed by atoms with Gasteiger partial charge in [-0.15, -0.1) is 0 Å². The molecule has 0 aliphatic carbocycles. The highest BCUT2D eigenvalue weighted by atomic mass is 16.6. The highest BCUT2D eigenvalue weighted by molar-refractivity contribution is 6.12. The molecule has 0 aromatic heterocycles. The van der Waals surface area contributed by atoms with E-state index in [-0.39, 0.29) is 22.9 Å². The van der Waals surface area contributed by atoms with Crippen molar-refractivity contribution in [2.75, 3.05) is 18.4 Å². The van der Waals surface area contributed by atoms with Crippen LogP contribution in [-0.2, 0) is 10.2 Å². The first kappa shape index (κ1) is 15.0. The van der Waals surface area contributed by atoms with Gasteiger partial charge < -0.3 is 21.3 Å². The molecule has 9 heteroatoms. The van der Waals surface area contributed by atoms with Crippen LogP contribution in [0.2, 0.25) is 0 Å². The van der Waals surface area contributed by atoms with E-state index < -0.39 is 16.2 Å². The Bertz CT molecular complexity index is 957. The average Bonchev–Trinajstić information content (AvgIpc) is 3.13. The van der Waals surface area contributed by atoms with Crippen molar-refractivity contribution in [3.8, 4) is 6.07 Å². The van der Waals surface area contributed by atoms with Crippen LogP contribution in [0, 0.1) is 28.4 Å². The summed E-state index contributed by atoms with van der Waals surface area (Å²) in [5.74, 6) is -0.399. The number of nitrogens with two attached hydrogens (primary N) is 1. The summed E-state index contributed by atoms with van der Waals surface area (Å²) in [5, 5.41) is 27.4. The van der Waals surface area contributed by atoms with Crippen molar-refractivity contribution in [2.24, 2.45) is 5.73 Å². The first-order valence-electron chi connectivity index (χ1n) is 7.66. The Morgan fingerprint density at radius 2 is 2.24 bits per heavy atom. The van der Waals surface area contributed by atoms with Gasteiger partial charge in [-0.3, -0.25) is 14.9 Å². The van der Waals surface area contributed by atoms with E-state index in [4.69, 9.17) is 5.73 Å². The molecule has 25 heavy (non-hydrogen) atoms. The minimum atomic E-state index is -1.85. The van der Waals surface area contributed by atoms with Gasteiger partial charge in [0.1, 0.15) is 17.5 Å². The zero-order valence-electron chi connectivity index (χ0n) is 13.3. The lowest BCUT2D eigenvalue weighted by Gasteiger charge is -2.34. The molecule has 3 heterocycles. The third-order valence-corrected chi connectivity index (χ3v) is 4.86. The van der Waals surface area contributed by atoms with Gasteiger partial charge in [0.25, 0.3) is 5.91 Å². The molecule has 0 bridgehead atoms. The van der Waals surface area contributed by atoms with Crippen molar-refractivity contribution in [3.63, 3.8) is 0 Å². The molecule has 3 aliphatic rings. The van der Waals surface area contributed by atoms with E-state index in [1.165, 1.54) is 4.90 Å². The number of amides is 1. The number of anilines is 1. The standard InChI is InChI=1S/C16H14N6O3/c1-8-2-3-11-9(6-8)16(15(23)20-11)10(7-17)13(18)21-5-4-19-14(21)12(16)22(24)25/h2-3,6,19H,4-5,18H2,1H3,(H,20,23). The predicted molar refractivity (Wildman–Crippen MR) is 87.0 cm³/mol. The molecule has 0 radical (unpaired) electrons. The first-order valence-corrected chi connectivity index (χ1v) is 7.66. The predicted octanol–water partition coefficient (Wildman–Crippen LogP) is 0.243. The number of fused-ring (bicyclic) bond motifs is 3. The molecule has 1 atom stereocenters. The second kappa shape index (κ2) is 4.73. The summed E-state index contributed by atoms with van der Waals surface area (Å²) in [6, 6.07) is 7.12. The van der Waals surface area contributed by atoms with E-state index in [1.54, 1.807) is 18.2 Å². The molecule has 3 aliphatic heterocycles. The molecule has 126 valence electrons. The van der Waals surface area contributed by atoms with E-state index in [1.807, 2.05) is 13.0 Å². The topological polar surface area (TPSA) is 137 Å². The zero-order chi connectivity index (χ0) is 17.9. The summed E-state index contributed by atoms with van der Waals surface area (Å²) in [4.78, 5) is 25.9. The number of nitrogens with one attached hydrogen (secondary N) is 2. The SMILES string of the molecule is Cc1ccc2c(c1)C1(C(=O)N2)C(C#N)=C(N)N2CCNC2=C1[N+](=O)[O-]. The highest BCUT2D eigenvalue weighted by Gasteiger charge is 2.64. The summed E-state index contributed by atoms with van der Waals surface area (Å²) < 4.78 is 0. The van der Waals surface area contributed by atoms with Crippen LogP contribution >= 0.6 is 0 Å². The molecule has 1 unspecified atom stereocenters. The minimum absolute atomic E-state index is 0.0672. The number of nitriles is 1. The quantitative estimate of drug-likeness (QED) is 0.493. The van der Waals surface area contributed by atoms with Crippen molar-refractivity contribution < 1.29 is 9.72 Å². The Balaban J connectivity index is 2.16. The fourth-order valence-corrected chi connectivity index (χ4v) is 3.83. The third kappa shape index (κ3) is 1.63. The summed E-state index contributed by atoms with van der Waals surface area (Å²) >= 11 is 0. The minimum Gasteiger partial charge on any atom is -0.384 e. The second-order valence-corrected chi connectivity index (χ2v) is 6.16. The highest BCUT2D eigenvalue weighted by Crippen LogP contribution is 2.52. The average molecular weight is 338 g/mol. The third-order valence-electron chi connectivity index (χ3n) is 4.86. The lowest BCUT2D eigenvalue weighted by Crippen LogP contribution is -2.49. The van der Waals surface area contributed by atoms with Gasteiger partial charge in [-0.1, -0.05) is 17.7 Å². The number of aryl methyl sites for hydroxylation is 1. The van der Waals surface area contributed by atoms with E-state index in [0.29, 0.717) is 24.3 Å². The number of nitrogens with zero attached hydrogens (tertiary/aromatic N) is 3. The van der Waals surface area contributed by atoms with Crippen molar-refractivity contribution in [3.05, 3.63) is 62.4 Å². The first-order chi connectivity index (χ1) is 11.9. The molecule has 4 rings (SSSR count). The van der Waals surface area contributed by atoms with Gasteiger partial charge in [0.15, 0.2) is 5.82 Å². The van der Waals surface area contributed by atoms with Crippen LogP contribution in [0.1, 0.15) is 11.1 Å². The number of carbonyl (C=O) groups excluding carboxylic acids is 1. The van der Waals surface area contributed by atoms with Gasteiger partial charge in [-0.25, -0.2) is 0 Å². The van der Waals surface area contributed by atoms with Crippen LogP contribution in [0.5, 0.6) is 0 Å². The number of carbonyl (C=O) groups is 1. The van der Waals surface area contributed by atoms with Crippen molar-refractivity contribution in [1.82, 2.24) is 10.2 Å². The Kier molecular flexibility index (Phi) is 2.84. The molecule has 1 spiro atoms. The number of rotatable bonds is 1. The molecule has 1 fully saturated rings. The van der Waals surface area contributed by atoms with Crippen molar-refractivity contribution in [2.45, 2.75) is 12.3 Å². The van der Waals surface area contributed by atoms with Crippen LogP contribution < -0.4 is 16.4 Å². The second-order valence-electron chi connectivity index (χ2n) is 6.16. The smallest absolute Gasteiger partial charge is 0.311 e. The van der Waals surface area contributed by atoms with Crippen LogP contribution in [-0.4, -0.2) is 28.8 Å². The maximum absolute atomic E-state index is 13.0. The van der Waals surface area contributed by atoms with E-state index in [9.17, 15) is 20.2 Å². The summed E-state index contributed by atoms with van der Waals surface area (Å²) in [7, 11) is 0. The monoisotopic (exact) mass is 338 g/mol. The number of nitro groups is 1. The molecule has 1 aromatic carbocycles. The molecular formula is C16H14N6O3.